The van der Waals surface area contributed by atoms with Crippen LogP contribution in [0.5, 0.6) is 0 Å². The SMILES string of the molecule is CC(=O)CC(=CCl)CO. The number of carbonyl (C=O) groups excluding carboxylic acids is 1. The minimum Gasteiger partial charge on any atom is -0.392 e. The molecular weight excluding hydrogens is 140 g/mol. The molecule has 9 heavy (non-hydrogen) atoms. The van der Waals surface area contributed by atoms with Crippen LogP contribution in [0.2, 0.25) is 0 Å². The summed E-state index contributed by atoms with van der Waals surface area (Å²) in [6, 6.07) is 0. The molecule has 0 aromatic rings. The molecule has 0 aromatic carbocycles. The lowest BCUT2D eigenvalue weighted by atomic mass is 10.2. The smallest absolute Gasteiger partial charge is 0.133 e. The molecule has 0 rings (SSSR count). The zero-order chi connectivity index (χ0) is 7.28. The minimum atomic E-state index is -0.136. The van der Waals surface area contributed by atoms with Crippen LogP contribution in [0.3, 0.4) is 0 Å². The Morgan fingerprint density at radius 2 is 2.33 bits per heavy atom. The van der Waals surface area contributed by atoms with Crippen molar-refractivity contribution in [2.45, 2.75) is 13.3 Å². The Balaban J connectivity index is 3.71. The van der Waals surface area contributed by atoms with Gasteiger partial charge in [0.25, 0.3) is 0 Å². The highest BCUT2D eigenvalue weighted by molar-refractivity contribution is 6.25. The van der Waals surface area contributed by atoms with Crippen molar-refractivity contribution in [3.8, 4) is 0 Å². The van der Waals surface area contributed by atoms with Gasteiger partial charge in [-0.3, -0.25) is 4.79 Å². The average molecular weight is 149 g/mol. The maximum absolute atomic E-state index is 10.4. The topological polar surface area (TPSA) is 37.3 Å². The Labute approximate surface area is 59.1 Å². The van der Waals surface area contributed by atoms with Gasteiger partial charge in [-0.1, -0.05) is 11.6 Å². The molecule has 0 radical (unpaired) electrons. The highest BCUT2D eigenvalue weighted by Gasteiger charge is 1.97. The van der Waals surface area contributed by atoms with Crippen molar-refractivity contribution in [3.63, 3.8) is 0 Å². The molecule has 0 unspecified atom stereocenters. The number of hydrogen-bond acceptors (Lipinski definition) is 2. The van der Waals surface area contributed by atoms with E-state index in [9.17, 15) is 4.79 Å². The van der Waals surface area contributed by atoms with E-state index in [1.807, 2.05) is 0 Å². The Hall–Kier alpha value is -0.340. The molecule has 1 N–H and O–H groups in total. The number of halogens is 1. The summed E-state index contributed by atoms with van der Waals surface area (Å²) in [6.07, 6.45) is 0.250. The van der Waals surface area contributed by atoms with Crippen LogP contribution in [-0.4, -0.2) is 17.5 Å². The lowest BCUT2D eigenvalue weighted by Crippen LogP contribution is -1.96. The van der Waals surface area contributed by atoms with Gasteiger partial charge in [-0.2, -0.15) is 0 Å². The van der Waals surface area contributed by atoms with E-state index < -0.39 is 0 Å². The molecule has 0 saturated heterocycles. The Bertz CT molecular complexity index is 129. The molecule has 2 nitrogen and oxygen atoms in total. The van der Waals surface area contributed by atoms with E-state index in [0.717, 1.165) is 0 Å². The van der Waals surface area contributed by atoms with Crippen molar-refractivity contribution < 1.29 is 9.90 Å². The number of aliphatic hydroxyl groups excluding tert-OH is 1. The molecule has 0 atom stereocenters. The first-order valence-corrected chi connectivity index (χ1v) is 3.02. The van der Waals surface area contributed by atoms with E-state index in [1.54, 1.807) is 0 Å². The van der Waals surface area contributed by atoms with Gasteiger partial charge in [-0.15, -0.1) is 0 Å². The summed E-state index contributed by atoms with van der Waals surface area (Å²) in [6.45, 7) is 1.32. The van der Waals surface area contributed by atoms with Crippen molar-refractivity contribution in [1.82, 2.24) is 0 Å². The van der Waals surface area contributed by atoms with E-state index in [4.69, 9.17) is 16.7 Å². The van der Waals surface area contributed by atoms with Crippen molar-refractivity contribution in [2.75, 3.05) is 6.61 Å². The highest BCUT2D eigenvalue weighted by Crippen LogP contribution is 2.01. The summed E-state index contributed by atoms with van der Waals surface area (Å²) in [7, 11) is 0. The molecule has 0 aliphatic rings. The molecule has 0 aromatic heterocycles. The van der Waals surface area contributed by atoms with Gasteiger partial charge in [0.1, 0.15) is 5.78 Å². The number of Topliss-reactive ketones (excluding diaryl/α,β-unsaturated/α-hetero) is 1. The van der Waals surface area contributed by atoms with E-state index in [2.05, 4.69) is 0 Å². The molecule has 0 spiro atoms. The van der Waals surface area contributed by atoms with Crippen molar-refractivity contribution in [2.24, 2.45) is 0 Å². The molecule has 0 aliphatic carbocycles. The van der Waals surface area contributed by atoms with Gasteiger partial charge < -0.3 is 5.11 Å². The van der Waals surface area contributed by atoms with Crippen LogP contribution in [0.1, 0.15) is 13.3 Å². The summed E-state index contributed by atoms with van der Waals surface area (Å²) < 4.78 is 0. The Kier molecular flexibility index (Phi) is 4.36. The van der Waals surface area contributed by atoms with Crippen LogP contribution < -0.4 is 0 Å². The molecule has 0 amide bonds. The molecule has 0 fully saturated rings. The minimum absolute atomic E-state index is 0.0101. The third kappa shape index (κ3) is 4.18. The van der Waals surface area contributed by atoms with Gasteiger partial charge in [0.15, 0.2) is 0 Å². The second-order valence-corrected chi connectivity index (χ2v) is 2.02. The molecule has 0 bridgehead atoms. The molecule has 3 heteroatoms. The number of aliphatic hydroxyl groups is 1. The molecule has 52 valence electrons. The van der Waals surface area contributed by atoms with Gasteiger partial charge in [0.2, 0.25) is 0 Å². The summed E-state index contributed by atoms with van der Waals surface area (Å²) in [5.41, 5.74) is 1.80. The number of ketones is 1. The summed E-state index contributed by atoms with van der Waals surface area (Å²) >= 11 is 5.24. The lowest BCUT2D eigenvalue weighted by molar-refractivity contribution is -0.116. The Morgan fingerprint density at radius 3 is 2.44 bits per heavy atom. The van der Waals surface area contributed by atoms with E-state index in [-0.39, 0.29) is 18.8 Å². The molecule has 0 heterocycles. The average Bonchev–Trinajstić information content (AvgIpc) is 1.82. The van der Waals surface area contributed by atoms with Crippen LogP contribution in [0.15, 0.2) is 11.1 Å². The van der Waals surface area contributed by atoms with Crippen LogP contribution in [-0.2, 0) is 4.79 Å². The fourth-order valence-corrected chi connectivity index (χ4v) is 0.595. The van der Waals surface area contributed by atoms with Crippen LogP contribution >= 0.6 is 11.6 Å². The fourth-order valence-electron chi connectivity index (χ4n) is 0.449. The molecular formula is C6H9ClO2. The van der Waals surface area contributed by atoms with E-state index in [0.29, 0.717) is 5.57 Å². The van der Waals surface area contributed by atoms with Crippen LogP contribution in [0, 0.1) is 0 Å². The zero-order valence-corrected chi connectivity index (χ0v) is 5.98. The van der Waals surface area contributed by atoms with E-state index in [1.165, 1.54) is 12.5 Å². The first-order valence-electron chi connectivity index (χ1n) is 2.59. The predicted molar refractivity (Wildman–Crippen MR) is 36.3 cm³/mol. The summed E-state index contributed by atoms with van der Waals surface area (Å²) in [5.74, 6) is 0.0101. The first-order chi connectivity index (χ1) is 4.20. The summed E-state index contributed by atoms with van der Waals surface area (Å²) in [5, 5.41) is 8.47. The fraction of sp³-hybridized carbons (Fsp3) is 0.500. The highest BCUT2D eigenvalue weighted by atomic mass is 35.5. The van der Waals surface area contributed by atoms with Gasteiger partial charge in [-0.25, -0.2) is 0 Å². The number of hydrogen-bond donors (Lipinski definition) is 1. The number of rotatable bonds is 3. The molecule has 0 saturated carbocycles. The van der Waals surface area contributed by atoms with Crippen molar-refractivity contribution in [3.05, 3.63) is 11.1 Å². The quantitative estimate of drug-likeness (QED) is 0.651. The Morgan fingerprint density at radius 1 is 1.78 bits per heavy atom. The van der Waals surface area contributed by atoms with Gasteiger partial charge in [0.05, 0.1) is 6.61 Å². The number of carbonyl (C=O) groups is 1. The van der Waals surface area contributed by atoms with Gasteiger partial charge in [0, 0.05) is 12.0 Å². The second kappa shape index (κ2) is 4.53. The first kappa shape index (κ1) is 8.66. The van der Waals surface area contributed by atoms with Crippen LogP contribution in [0.25, 0.3) is 0 Å². The summed E-state index contributed by atoms with van der Waals surface area (Å²) in [4.78, 5) is 10.4. The molecule has 0 aliphatic heterocycles. The normalized spacial score (nSPS) is 11.7. The standard InChI is InChI=1S/C6H9ClO2/c1-5(9)2-6(3-7)4-8/h3,8H,2,4H2,1H3. The zero-order valence-electron chi connectivity index (χ0n) is 5.22. The van der Waals surface area contributed by atoms with Gasteiger partial charge >= 0.3 is 0 Å². The third-order valence-corrected chi connectivity index (χ3v) is 1.14. The maximum Gasteiger partial charge on any atom is 0.133 e. The second-order valence-electron chi connectivity index (χ2n) is 1.80. The predicted octanol–water partition coefficient (Wildman–Crippen LogP) is 1.08. The third-order valence-electron chi connectivity index (χ3n) is 0.833. The monoisotopic (exact) mass is 148 g/mol. The van der Waals surface area contributed by atoms with E-state index >= 15 is 0 Å². The van der Waals surface area contributed by atoms with Gasteiger partial charge in [-0.05, 0) is 12.5 Å². The lowest BCUT2D eigenvalue weighted by Gasteiger charge is -1.95. The maximum atomic E-state index is 10.4. The largest absolute Gasteiger partial charge is 0.392 e. The van der Waals surface area contributed by atoms with Crippen molar-refractivity contribution >= 4 is 17.4 Å². The van der Waals surface area contributed by atoms with Crippen LogP contribution in [0.4, 0.5) is 0 Å². The van der Waals surface area contributed by atoms with Crippen molar-refractivity contribution in [1.29, 1.82) is 0 Å².